The van der Waals surface area contributed by atoms with Gasteiger partial charge in [-0.05, 0) is 13.0 Å². The van der Waals surface area contributed by atoms with Crippen molar-refractivity contribution in [1.82, 2.24) is 15.5 Å². The van der Waals surface area contributed by atoms with Crippen molar-refractivity contribution in [3.05, 3.63) is 11.7 Å². The van der Waals surface area contributed by atoms with Crippen LogP contribution in [0.3, 0.4) is 0 Å². The van der Waals surface area contributed by atoms with Gasteiger partial charge in [-0.15, -0.1) is 0 Å². The summed E-state index contributed by atoms with van der Waals surface area (Å²) in [6.45, 7) is 2.57. The maximum Gasteiger partial charge on any atom is 0.227 e. The molecular formula is C8H14N4O. The average molecular weight is 182 g/mol. The summed E-state index contributed by atoms with van der Waals surface area (Å²) in [5.41, 5.74) is 5.38. The van der Waals surface area contributed by atoms with Crippen molar-refractivity contribution in [1.29, 1.82) is 0 Å². The molecule has 0 amide bonds. The summed E-state index contributed by atoms with van der Waals surface area (Å²) in [5, 5.41) is 7.20. The minimum atomic E-state index is 0.426. The van der Waals surface area contributed by atoms with Gasteiger partial charge in [0.2, 0.25) is 5.89 Å². The molecule has 3 N–H and O–H groups in total. The average Bonchev–Trinajstić information content (AvgIpc) is 2.70. The van der Waals surface area contributed by atoms with E-state index in [0.29, 0.717) is 24.8 Å². The van der Waals surface area contributed by atoms with Crippen molar-refractivity contribution >= 4 is 0 Å². The van der Waals surface area contributed by atoms with Gasteiger partial charge in [-0.3, -0.25) is 0 Å². The van der Waals surface area contributed by atoms with Gasteiger partial charge in [0, 0.05) is 25.4 Å². The Kier molecular flexibility index (Phi) is 2.56. The highest BCUT2D eigenvalue weighted by Gasteiger charge is 2.21. The van der Waals surface area contributed by atoms with Crippen molar-refractivity contribution < 1.29 is 4.52 Å². The molecule has 1 aliphatic rings. The van der Waals surface area contributed by atoms with Crippen LogP contribution in [-0.4, -0.2) is 29.8 Å². The predicted octanol–water partition coefficient (Wildman–Crippen LogP) is -0.352. The van der Waals surface area contributed by atoms with Crippen molar-refractivity contribution in [3.8, 4) is 0 Å². The van der Waals surface area contributed by atoms with Gasteiger partial charge in [-0.2, -0.15) is 4.98 Å². The molecule has 0 saturated carbocycles. The van der Waals surface area contributed by atoms with E-state index in [0.717, 1.165) is 25.3 Å². The summed E-state index contributed by atoms with van der Waals surface area (Å²) in [5.74, 6) is 1.91. The molecule has 0 radical (unpaired) electrons. The molecule has 1 aliphatic heterocycles. The molecule has 2 heterocycles. The molecule has 0 spiro atoms. The molecule has 1 unspecified atom stereocenters. The number of hydrogen-bond acceptors (Lipinski definition) is 5. The maximum atomic E-state index is 5.38. The van der Waals surface area contributed by atoms with Gasteiger partial charge in [-0.25, -0.2) is 0 Å². The van der Waals surface area contributed by atoms with E-state index >= 15 is 0 Å². The SMILES string of the molecule is NCCc1nc(C2CCNC2)no1. The highest BCUT2D eigenvalue weighted by atomic mass is 16.5. The monoisotopic (exact) mass is 182 g/mol. The van der Waals surface area contributed by atoms with Gasteiger partial charge in [0.25, 0.3) is 0 Å². The summed E-state index contributed by atoms with van der Waals surface area (Å²) in [7, 11) is 0. The van der Waals surface area contributed by atoms with Crippen LogP contribution < -0.4 is 11.1 Å². The fourth-order valence-electron chi connectivity index (χ4n) is 1.53. The maximum absolute atomic E-state index is 5.38. The Morgan fingerprint density at radius 1 is 1.62 bits per heavy atom. The van der Waals surface area contributed by atoms with Gasteiger partial charge in [-0.1, -0.05) is 5.16 Å². The number of nitrogens with two attached hydrogens (primary N) is 1. The first kappa shape index (κ1) is 8.65. The lowest BCUT2D eigenvalue weighted by Crippen LogP contribution is -2.09. The second-order valence-corrected chi connectivity index (χ2v) is 3.27. The Bertz CT molecular complexity index is 267. The summed E-state index contributed by atoms with van der Waals surface area (Å²) in [6, 6.07) is 0. The van der Waals surface area contributed by atoms with Gasteiger partial charge in [0.15, 0.2) is 5.82 Å². The lowest BCUT2D eigenvalue weighted by atomic mass is 10.1. The number of aromatic nitrogens is 2. The predicted molar refractivity (Wildman–Crippen MR) is 47.3 cm³/mol. The third-order valence-electron chi connectivity index (χ3n) is 2.27. The van der Waals surface area contributed by atoms with E-state index in [2.05, 4.69) is 15.5 Å². The fourth-order valence-corrected chi connectivity index (χ4v) is 1.53. The quantitative estimate of drug-likeness (QED) is 0.668. The standard InChI is InChI=1S/C8H14N4O/c9-3-1-7-11-8(12-13-7)6-2-4-10-5-6/h6,10H,1-5,9H2. The molecule has 2 rings (SSSR count). The number of nitrogens with zero attached hydrogens (tertiary/aromatic N) is 2. The fraction of sp³-hybridized carbons (Fsp3) is 0.750. The Hall–Kier alpha value is -0.940. The second kappa shape index (κ2) is 3.85. The molecule has 1 fully saturated rings. The first-order chi connectivity index (χ1) is 6.40. The van der Waals surface area contributed by atoms with Crippen LogP contribution in [-0.2, 0) is 6.42 Å². The van der Waals surface area contributed by atoms with E-state index in [9.17, 15) is 0 Å². The van der Waals surface area contributed by atoms with E-state index in [1.165, 1.54) is 0 Å². The number of rotatable bonds is 3. The Morgan fingerprint density at radius 2 is 2.54 bits per heavy atom. The Balaban J connectivity index is 2.03. The molecule has 1 aromatic rings. The topological polar surface area (TPSA) is 77.0 Å². The molecule has 0 aromatic carbocycles. The smallest absolute Gasteiger partial charge is 0.227 e. The molecule has 5 nitrogen and oxygen atoms in total. The van der Waals surface area contributed by atoms with E-state index in [-0.39, 0.29) is 0 Å². The highest BCUT2D eigenvalue weighted by Crippen LogP contribution is 2.18. The zero-order valence-electron chi connectivity index (χ0n) is 7.49. The van der Waals surface area contributed by atoms with Gasteiger partial charge >= 0.3 is 0 Å². The van der Waals surface area contributed by atoms with Crippen LogP contribution in [0.4, 0.5) is 0 Å². The molecule has 1 aromatic heterocycles. The first-order valence-corrected chi connectivity index (χ1v) is 4.63. The zero-order chi connectivity index (χ0) is 9.10. The van der Waals surface area contributed by atoms with Crippen molar-refractivity contribution in [2.75, 3.05) is 19.6 Å². The molecule has 0 aliphatic carbocycles. The molecule has 13 heavy (non-hydrogen) atoms. The van der Waals surface area contributed by atoms with Gasteiger partial charge < -0.3 is 15.6 Å². The van der Waals surface area contributed by atoms with Crippen LogP contribution in [0.15, 0.2) is 4.52 Å². The van der Waals surface area contributed by atoms with Gasteiger partial charge in [0.1, 0.15) is 0 Å². The van der Waals surface area contributed by atoms with E-state index < -0.39 is 0 Å². The van der Waals surface area contributed by atoms with E-state index in [1.807, 2.05) is 0 Å². The normalized spacial score (nSPS) is 22.4. The lowest BCUT2D eigenvalue weighted by molar-refractivity contribution is 0.371. The molecule has 5 heteroatoms. The van der Waals surface area contributed by atoms with Crippen molar-refractivity contribution in [2.24, 2.45) is 5.73 Å². The highest BCUT2D eigenvalue weighted by molar-refractivity contribution is 4.99. The zero-order valence-corrected chi connectivity index (χ0v) is 7.49. The first-order valence-electron chi connectivity index (χ1n) is 4.63. The van der Waals surface area contributed by atoms with Crippen LogP contribution in [0.25, 0.3) is 0 Å². The van der Waals surface area contributed by atoms with Crippen LogP contribution in [0.1, 0.15) is 24.1 Å². The third kappa shape index (κ3) is 1.87. The molecule has 1 atom stereocenters. The number of hydrogen-bond donors (Lipinski definition) is 2. The molecular weight excluding hydrogens is 168 g/mol. The Labute approximate surface area is 76.7 Å². The molecule has 72 valence electrons. The summed E-state index contributed by atoms with van der Waals surface area (Å²) in [4.78, 5) is 4.28. The second-order valence-electron chi connectivity index (χ2n) is 3.27. The number of nitrogens with one attached hydrogen (secondary N) is 1. The third-order valence-corrected chi connectivity index (χ3v) is 2.27. The lowest BCUT2D eigenvalue weighted by Gasteiger charge is -1.98. The van der Waals surface area contributed by atoms with Crippen LogP contribution in [0, 0.1) is 0 Å². The van der Waals surface area contributed by atoms with Crippen molar-refractivity contribution in [2.45, 2.75) is 18.8 Å². The van der Waals surface area contributed by atoms with E-state index in [1.54, 1.807) is 0 Å². The minimum Gasteiger partial charge on any atom is -0.339 e. The van der Waals surface area contributed by atoms with Crippen molar-refractivity contribution in [3.63, 3.8) is 0 Å². The Morgan fingerprint density at radius 3 is 3.23 bits per heavy atom. The molecule has 1 saturated heterocycles. The summed E-state index contributed by atoms with van der Waals surface area (Å²) < 4.78 is 5.05. The largest absolute Gasteiger partial charge is 0.339 e. The summed E-state index contributed by atoms with van der Waals surface area (Å²) >= 11 is 0. The summed E-state index contributed by atoms with van der Waals surface area (Å²) in [6.07, 6.45) is 1.77. The van der Waals surface area contributed by atoms with Crippen LogP contribution in [0.5, 0.6) is 0 Å². The van der Waals surface area contributed by atoms with Gasteiger partial charge in [0.05, 0.1) is 0 Å². The van der Waals surface area contributed by atoms with Crippen LogP contribution >= 0.6 is 0 Å². The van der Waals surface area contributed by atoms with E-state index in [4.69, 9.17) is 10.3 Å². The van der Waals surface area contributed by atoms with Crippen LogP contribution in [0.2, 0.25) is 0 Å². The molecule has 0 bridgehead atoms. The minimum absolute atomic E-state index is 0.426.